The Morgan fingerprint density at radius 2 is 2.00 bits per heavy atom. The molecule has 0 aromatic heterocycles. The zero-order chi connectivity index (χ0) is 17.4. The Morgan fingerprint density at radius 3 is 2.60 bits per heavy atom. The van der Waals surface area contributed by atoms with Gasteiger partial charge in [-0.05, 0) is 36.1 Å². The first-order valence-electron chi connectivity index (χ1n) is 8.21. The largest absolute Gasteiger partial charge is 0.379 e. The second-order valence-electron chi connectivity index (χ2n) is 5.85. The monoisotopic (exact) mass is 391 g/mol. The summed E-state index contributed by atoms with van der Waals surface area (Å²) in [6.45, 7) is 3.36. The molecule has 1 amide bonds. The molecule has 2 atom stereocenters. The molecular formula is C17H27ClFN3O2S. The molecule has 0 aliphatic carbocycles. The number of amides is 1. The van der Waals surface area contributed by atoms with Gasteiger partial charge >= 0.3 is 0 Å². The van der Waals surface area contributed by atoms with E-state index in [0.29, 0.717) is 26.2 Å². The van der Waals surface area contributed by atoms with E-state index in [0.717, 1.165) is 24.4 Å². The van der Waals surface area contributed by atoms with Crippen LogP contribution in [0.2, 0.25) is 0 Å². The van der Waals surface area contributed by atoms with Crippen LogP contribution in [0.4, 0.5) is 4.39 Å². The lowest BCUT2D eigenvalue weighted by molar-refractivity contribution is -0.122. The minimum atomic E-state index is -0.490. The van der Waals surface area contributed by atoms with Gasteiger partial charge in [0.1, 0.15) is 5.82 Å². The minimum absolute atomic E-state index is 0. The van der Waals surface area contributed by atoms with E-state index in [1.54, 1.807) is 23.9 Å². The van der Waals surface area contributed by atoms with Crippen molar-refractivity contribution in [2.75, 3.05) is 44.9 Å². The van der Waals surface area contributed by atoms with Crippen molar-refractivity contribution in [3.8, 4) is 0 Å². The fourth-order valence-electron chi connectivity index (χ4n) is 2.74. The van der Waals surface area contributed by atoms with Crippen LogP contribution in [-0.4, -0.2) is 61.7 Å². The van der Waals surface area contributed by atoms with Crippen LogP contribution in [0.3, 0.4) is 0 Å². The minimum Gasteiger partial charge on any atom is -0.379 e. The van der Waals surface area contributed by atoms with Crippen molar-refractivity contribution in [2.24, 2.45) is 5.73 Å². The fraction of sp³-hybridized carbons (Fsp3) is 0.588. The first-order valence-corrected chi connectivity index (χ1v) is 9.60. The third-order valence-corrected chi connectivity index (χ3v) is 4.82. The van der Waals surface area contributed by atoms with Crippen LogP contribution in [-0.2, 0) is 9.53 Å². The smallest absolute Gasteiger partial charge is 0.237 e. The average molecular weight is 392 g/mol. The third-order valence-electron chi connectivity index (χ3n) is 4.18. The number of nitrogens with zero attached hydrogens (tertiary/aromatic N) is 1. The Hall–Kier alpha value is -0.860. The van der Waals surface area contributed by atoms with E-state index in [1.165, 1.54) is 12.1 Å². The van der Waals surface area contributed by atoms with Gasteiger partial charge in [0.2, 0.25) is 5.91 Å². The Bertz CT molecular complexity index is 515. The summed E-state index contributed by atoms with van der Waals surface area (Å²) in [5.41, 5.74) is 6.90. The second-order valence-corrected chi connectivity index (χ2v) is 6.83. The van der Waals surface area contributed by atoms with E-state index >= 15 is 0 Å². The lowest BCUT2D eigenvalue weighted by atomic mass is 10.0. The topological polar surface area (TPSA) is 67.6 Å². The molecule has 1 aliphatic heterocycles. The Kier molecular flexibility index (Phi) is 10.4. The maximum Gasteiger partial charge on any atom is 0.237 e. The average Bonchev–Trinajstić information content (AvgIpc) is 2.62. The lowest BCUT2D eigenvalue weighted by Gasteiger charge is -2.35. The summed E-state index contributed by atoms with van der Waals surface area (Å²) >= 11 is 1.68. The molecule has 3 N–H and O–H groups in total. The molecule has 5 nitrogen and oxygen atoms in total. The molecule has 1 heterocycles. The van der Waals surface area contributed by atoms with Crippen LogP contribution >= 0.6 is 24.2 Å². The predicted molar refractivity (Wildman–Crippen MR) is 103 cm³/mol. The molecule has 0 radical (unpaired) electrons. The molecule has 1 aromatic rings. The zero-order valence-corrected chi connectivity index (χ0v) is 16.1. The first-order chi connectivity index (χ1) is 11.6. The summed E-state index contributed by atoms with van der Waals surface area (Å²) in [7, 11) is 0. The molecule has 142 valence electrons. The number of thioether (sulfide) groups is 1. The van der Waals surface area contributed by atoms with Gasteiger partial charge in [-0.15, -0.1) is 12.4 Å². The van der Waals surface area contributed by atoms with Crippen LogP contribution < -0.4 is 11.1 Å². The summed E-state index contributed by atoms with van der Waals surface area (Å²) in [5, 5.41) is 2.95. The van der Waals surface area contributed by atoms with Gasteiger partial charge in [0.05, 0.1) is 25.3 Å². The Labute approximate surface area is 159 Å². The quantitative estimate of drug-likeness (QED) is 0.707. The van der Waals surface area contributed by atoms with Gasteiger partial charge in [-0.2, -0.15) is 11.8 Å². The number of benzene rings is 1. The van der Waals surface area contributed by atoms with E-state index < -0.39 is 6.04 Å². The van der Waals surface area contributed by atoms with Crippen molar-refractivity contribution < 1.29 is 13.9 Å². The predicted octanol–water partition coefficient (Wildman–Crippen LogP) is 1.82. The second kappa shape index (κ2) is 11.7. The molecule has 0 saturated carbocycles. The normalized spacial score (nSPS) is 17.4. The number of nitrogens with two attached hydrogens (primary N) is 1. The highest BCUT2D eigenvalue weighted by Gasteiger charge is 2.24. The number of rotatable bonds is 8. The van der Waals surface area contributed by atoms with Crippen molar-refractivity contribution in [3.05, 3.63) is 35.6 Å². The van der Waals surface area contributed by atoms with Crippen LogP contribution in [0.25, 0.3) is 0 Å². The fourth-order valence-corrected chi connectivity index (χ4v) is 3.23. The first kappa shape index (κ1) is 22.2. The molecular weight excluding hydrogens is 365 g/mol. The SMILES string of the molecule is CSCCC(N)C(=O)NCC(c1ccc(F)cc1)N1CCOCC1.Cl. The maximum absolute atomic E-state index is 13.2. The molecule has 1 aromatic carbocycles. The molecule has 0 bridgehead atoms. The van der Waals surface area contributed by atoms with Gasteiger partial charge in [-0.1, -0.05) is 12.1 Å². The van der Waals surface area contributed by atoms with Crippen molar-refractivity contribution in [2.45, 2.75) is 18.5 Å². The highest BCUT2D eigenvalue weighted by Crippen LogP contribution is 2.21. The van der Waals surface area contributed by atoms with Crippen molar-refractivity contribution in [3.63, 3.8) is 0 Å². The van der Waals surface area contributed by atoms with Crippen molar-refractivity contribution in [1.29, 1.82) is 0 Å². The highest BCUT2D eigenvalue weighted by atomic mass is 35.5. The molecule has 1 aliphatic rings. The zero-order valence-electron chi connectivity index (χ0n) is 14.4. The van der Waals surface area contributed by atoms with Gasteiger partial charge in [0.15, 0.2) is 0 Å². The number of morpholine rings is 1. The molecule has 2 rings (SSSR count). The standard InChI is InChI=1S/C17H26FN3O2S.ClH/c1-24-11-6-15(19)17(22)20-12-16(21-7-9-23-10-8-21)13-2-4-14(18)5-3-13;/h2-5,15-16H,6-12,19H2,1H3,(H,20,22);1H. The lowest BCUT2D eigenvalue weighted by Crippen LogP contribution is -2.47. The van der Waals surface area contributed by atoms with E-state index in [9.17, 15) is 9.18 Å². The van der Waals surface area contributed by atoms with Crippen molar-refractivity contribution >= 4 is 30.1 Å². The number of nitrogens with one attached hydrogen (secondary N) is 1. The van der Waals surface area contributed by atoms with Crippen LogP contribution in [0.1, 0.15) is 18.0 Å². The van der Waals surface area contributed by atoms with Crippen LogP contribution in [0.5, 0.6) is 0 Å². The van der Waals surface area contributed by atoms with Gasteiger partial charge in [-0.3, -0.25) is 9.69 Å². The molecule has 1 fully saturated rings. The molecule has 2 unspecified atom stereocenters. The van der Waals surface area contributed by atoms with Crippen LogP contribution in [0.15, 0.2) is 24.3 Å². The number of ether oxygens (including phenoxy) is 1. The summed E-state index contributed by atoms with van der Waals surface area (Å²) in [4.78, 5) is 14.4. The Morgan fingerprint density at radius 1 is 1.36 bits per heavy atom. The van der Waals surface area contributed by atoms with Gasteiger partial charge in [0.25, 0.3) is 0 Å². The van der Waals surface area contributed by atoms with Gasteiger partial charge in [0, 0.05) is 19.6 Å². The van der Waals surface area contributed by atoms with Gasteiger partial charge < -0.3 is 15.8 Å². The Balaban J connectivity index is 0.00000312. The number of hydrogen-bond acceptors (Lipinski definition) is 5. The molecule has 0 spiro atoms. The van der Waals surface area contributed by atoms with E-state index in [-0.39, 0.29) is 30.2 Å². The number of carbonyl (C=O) groups excluding carboxylic acids is 1. The molecule has 25 heavy (non-hydrogen) atoms. The third kappa shape index (κ3) is 7.11. The maximum atomic E-state index is 13.2. The summed E-state index contributed by atoms with van der Waals surface area (Å²) in [5.74, 6) is 0.464. The number of halogens is 2. The summed E-state index contributed by atoms with van der Waals surface area (Å²) in [6, 6.07) is 5.95. The number of carbonyl (C=O) groups is 1. The van der Waals surface area contributed by atoms with E-state index in [4.69, 9.17) is 10.5 Å². The summed E-state index contributed by atoms with van der Waals surface area (Å²) < 4.78 is 18.6. The van der Waals surface area contributed by atoms with Gasteiger partial charge in [-0.25, -0.2) is 4.39 Å². The molecule has 1 saturated heterocycles. The van der Waals surface area contributed by atoms with E-state index in [2.05, 4.69) is 10.2 Å². The molecule has 8 heteroatoms. The van der Waals surface area contributed by atoms with E-state index in [1.807, 2.05) is 6.26 Å². The highest BCUT2D eigenvalue weighted by molar-refractivity contribution is 7.98. The van der Waals surface area contributed by atoms with Crippen molar-refractivity contribution in [1.82, 2.24) is 10.2 Å². The van der Waals surface area contributed by atoms with Crippen LogP contribution in [0, 0.1) is 5.82 Å². The number of hydrogen-bond donors (Lipinski definition) is 2. The summed E-state index contributed by atoms with van der Waals surface area (Å²) in [6.07, 6.45) is 2.65.